The Hall–Kier alpha value is -4.17. The van der Waals surface area contributed by atoms with E-state index in [4.69, 9.17) is 4.74 Å². The third kappa shape index (κ3) is 8.42. The number of ether oxygens (including phenoxy) is 1. The number of alkyl carbamates (subject to hydrolysis) is 1. The Morgan fingerprint density at radius 1 is 0.905 bits per heavy atom. The van der Waals surface area contributed by atoms with Crippen LogP contribution in [0.2, 0.25) is 0 Å². The highest BCUT2D eigenvalue weighted by molar-refractivity contribution is 5.86. The van der Waals surface area contributed by atoms with E-state index in [9.17, 15) is 19.5 Å². The molecule has 0 saturated carbocycles. The number of nitrogens with one attached hydrogen (secondary N) is 2. The number of amides is 2. The van der Waals surface area contributed by atoms with Crippen molar-refractivity contribution >= 4 is 18.0 Å². The zero-order chi connectivity index (χ0) is 30.1. The molecule has 8 nitrogen and oxygen atoms in total. The second kappa shape index (κ2) is 14.6. The minimum atomic E-state index is -0.897. The molecule has 1 aliphatic carbocycles. The monoisotopic (exact) mass is 571 g/mol. The molecule has 2 atom stereocenters. The van der Waals surface area contributed by atoms with E-state index in [0.29, 0.717) is 13.0 Å². The van der Waals surface area contributed by atoms with Gasteiger partial charge in [-0.05, 0) is 53.1 Å². The summed E-state index contributed by atoms with van der Waals surface area (Å²) in [6.45, 7) is 5.25. The van der Waals surface area contributed by atoms with E-state index in [1.807, 2.05) is 80.4 Å². The molecule has 3 aromatic carbocycles. The van der Waals surface area contributed by atoms with E-state index in [2.05, 4.69) is 34.9 Å². The van der Waals surface area contributed by atoms with Gasteiger partial charge in [-0.25, -0.2) is 4.79 Å². The van der Waals surface area contributed by atoms with Crippen molar-refractivity contribution in [3.8, 4) is 11.1 Å². The Labute approximate surface area is 248 Å². The number of fused-ring (bicyclic) bond motifs is 3. The first-order valence-corrected chi connectivity index (χ1v) is 14.5. The zero-order valence-corrected chi connectivity index (χ0v) is 24.6. The van der Waals surface area contributed by atoms with Crippen LogP contribution in [0.3, 0.4) is 0 Å². The smallest absolute Gasteiger partial charge is 0.407 e. The number of aliphatic carboxylic acids is 1. The lowest BCUT2D eigenvalue weighted by molar-refractivity contribution is -0.138. The van der Waals surface area contributed by atoms with Crippen LogP contribution in [0.25, 0.3) is 11.1 Å². The topological polar surface area (TPSA) is 108 Å². The molecule has 0 bridgehead atoms. The summed E-state index contributed by atoms with van der Waals surface area (Å²) in [5.74, 6) is -1.28. The molecule has 2 unspecified atom stereocenters. The van der Waals surface area contributed by atoms with Crippen molar-refractivity contribution in [2.45, 2.75) is 45.2 Å². The van der Waals surface area contributed by atoms with Crippen molar-refractivity contribution in [2.24, 2.45) is 11.8 Å². The molecule has 42 heavy (non-hydrogen) atoms. The maximum Gasteiger partial charge on any atom is 0.407 e. The molecule has 8 heteroatoms. The van der Waals surface area contributed by atoms with Crippen LogP contribution in [-0.4, -0.2) is 60.8 Å². The summed E-state index contributed by atoms with van der Waals surface area (Å²) in [7, 11) is 1.89. The van der Waals surface area contributed by atoms with Crippen LogP contribution in [0.15, 0.2) is 78.9 Å². The van der Waals surface area contributed by atoms with Crippen LogP contribution < -0.4 is 10.6 Å². The van der Waals surface area contributed by atoms with Crippen LogP contribution in [0.4, 0.5) is 4.79 Å². The molecule has 0 spiro atoms. The summed E-state index contributed by atoms with van der Waals surface area (Å²) in [5.41, 5.74) is 5.58. The standard InChI is InChI=1S/C34H41N3O5/c1-23(2)17-25(18-32(38)39)19-35-33(40)31(21-37(3)20-24-11-5-4-6-12-24)36-34(41)42-22-30-28-15-9-7-13-26(28)27-14-8-10-16-29(27)30/h4-16,23,25,30-31H,17-22H2,1-3H3,(H,35,40)(H,36,41)(H,38,39). The molecule has 3 aromatic rings. The molecule has 4 rings (SSSR count). The van der Waals surface area contributed by atoms with E-state index in [1.54, 1.807) is 0 Å². The second-order valence-corrected chi connectivity index (χ2v) is 11.5. The van der Waals surface area contributed by atoms with Crippen molar-refractivity contribution in [3.05, 3.63) is 95.6 Å². The van der Waals surface area contributed by atoms with Gasteiger partial charge >= 0.3 is 12.1 Å². The highest BCUT2D eigenvalue weighted by Gasteiger charge is 2.30. The van der Waals surface area contributed by atoms with Crippen LogP contribution >= 0.6 is 0 Å². The molecule has 0 radical (unpaired) electrons. The van der Waals surface area contributed by atoms with E-state index in [-0.39, 0.29) is 49.8 Å². The average Bonchev–Trinajstić information content (AvgIpc) is 3.28. The number of carbonyl (C=O) groups is 3. The highest BCUT2D eigenvalue weighted by Crippen LogP contribution is 2.44. The zero-order valence-electron chi connectivity index (χ0n) is 24.6. The van der Waals surface area contributed by atoms with Crippen molar-refractivity contribution in [2.75, 3.05) is 26.7 Å². The number of hydrogen-bond donors (Lipinski definition) is 3. The fourth-order valence-corrected chi connectivity index (χ4v) is 5.77. The average molecular weight is 572 g/mol. The van der Waals surface area contributed by atoms with Crippen LogP contribution in [-0.2, 0) is 20.9 Å². The number of rotatable bonds is 14. The fraction of sp³-hybridized carbons (Fsp3) is 0.382. The summed E-state index contributed by atoms with van der Waals surface area (Å²) in [6, 6.07) is 25.2. The van der Waals surface area contributed by atoms with Crippen molar-refractivity contribution in [1.82, 2.24) is 15.5 Å². The van der Waals surface area contributed by atoms with Gasteiger partial charge < -0.3 is 20.5 Å². The van der Waals surface area contributed by atoms with Crippen molar-refractivity contribution < 1.29 is 24.2 Å². The summed E-state index contributed by atoms with van der Waals surface area (Å²) < 4.78 is 5.72. The highest BCUT2D eigenvalue weighted by atomic mass is 16.5. The molecular weight excluding hydrogens is 530 g/mol. The normalized spacial score (nSPS) is 13.7. The van der Waals surface area contributed by atoms with E-state index < -0.39 is 18.1 Å². The number of nitrogens with zero attached hydrogens (tertiary/aromatic N) is 1. The van der Waals surface area contributed by atoms with Gasteiger partial charge in [0.25, 0.3) is 0 Å². The molecule has 2 amide bonds. The fourth-order valence-electron chi connectivity index (χ4n) is 5.77. The minimum Gasteiger partial charge on any atom is -0.481 e. The number of carboxylic acids is 1. The molecule has 0 aromatic heterocycles. The predicted molar refractivity (Wildman–Crippen MR) is 163 cm³/mol. The predicted octanol–water partition coefficient (Wildman–Crippen LogP) is 5.28. The van der Waals surface area contributed by atoms with Crippen LogP contribution in [0.1, 0.15) is 49.3 Å². The van der Waals surface area contributed by atoms with Crippen LogP contribution in [0.5, 0.6) is 0 Å². The van der Waals surface area contributed by atoms with Gasteiger partial charge in [0.05, 0.1) is 0 Å². The molecular formula is C34H41N3O5. The quantitative estimate of drug-likeness (QED) is 0.243. The number of carbonyl (C=O) groups excluding carboxylic acids is 2. The molecule has 0 heterocycles. The first kappa shape index (κ1) is 30.8. The van der Waals surface area contributed by atoms with E-state index in [0.717, 1.165) is 27.8 Å². The maximum absolute atomic E-state index is 13.4. The van der Waals surface area contributed by atoms with Gasteiger partial charge in [0.1, 0.15) is 12.6 Å². The van der Waals surface area contributed by atoms with Gasteiger partial charge in [-0.1, -0.05) is 92.7 Å². The summed E-state index contributed by atoms with van der Waals surface area (Å²) in [6.07, 6.45) is -0.0312. The lowest BCUT2D eigenvalue weighted by Gasteiger charge is -2.26. The van der Waals surface area contributed by atoms with Gasteiger partial charge in [-0.15, -0.1) is 0 Å². The Morgan fingerprint density at radius 3 is 2.10 bits per heavy atom. The van der Waals surface area contributed by atoms with Gasteiger partial charge in [0.2, 0.25) is 5.91 Å². The first-order chi connectivity index (χ1) is 20.2. The molecule has 1 aliphatic rings. The summed E-state index contributed by atoms with van der Waals surface area (Å²) in [5, 5.41) is 15.0. The number of carboxylic acid groups (broad SMARTS) is 1. The minimum absolute atomic E-state index is 0.0309. The molecule has 0 aliphatic heterocycles. The first-order valence-electron chi connectivity index (χ1n) is 14.5. The molecule has 0 fully saturated rings. The summed E-state index contributed by atoms with van der Waals surface area (Å²) in [4.78, 5) is 39.8. The number of benzene rings is 3. The summed E-state index contributed by atoms with van der Waals surface area (Å²) >= 11 is 0. The second-order valence-electron chi connectivity index (χ2n) is 11.5. The maximum atomic E-state index is 13.4. The third-order valence-corrected chi connectivity index (χ3v) is 7.57. The van der Waals surface area contributed by atoms with Crippen molar-refractivity contribution in [1.29, 1.82) is 0 Å². The van der Waals surface area contributed by atoms with Crippen molar-refractivity contribution in [3.63, 3.8) is 0 Å². The van der Waals surface area contributed by atoms with Gasteiger partial charge in [-0.3, -0.25) is 14.5 Å². The van der Waals surface area contributed by atoms with E-state index >= 15 is 0 Å². The van der Waals surface area contributed by atoms with E-state index in [1.165, 1.54) is 0 Å². The van der Waals surface area contributed by atoms with Gasteiger partial charge in [-0.2, -0.15) is 0 Å². The lowest BCUT2D eigenvalue weighted by Crippen LogP contribution is -2.53. The Morgan fingerprint density at radius 2 is 1.50 bits per heavy atom. The SMILES string of the molecule is CC(C)CC(CNC(=O)C(CN(C)Cc1ccccc1)NC(=O)OCC1c2ccccc2-c2ccccc21)CC(=O)O. The Kier molecular flexibility index (Phi) is 10.7. The number of likely N-dealkylation sites (N-methyl/N-ethyl adjacent to an activating group) is 1. The van der Waals surface area contributed by atoms with Gasteiger partial charge in [0.15, 0.2) is 0 Å². The lowest BCUT2D eigenvalue weighted by atomic mass is 9.94. The molecule has 0 saturated heterocycles. The molecule has 3 N–H and O–H groups in total. The van der Waals surface area contributed by atoms with Crippen LogP contribution in [0, 0.1) is 11.8 Å². The Bertz CT molecular complexity index is 1310. The largest absolute Gasteiger partial charge is 0.481 e. The van der Waals surface area contributed by atoms with Gasteiger partial charge in [0, 0.05) is 32.0 Å². The molecule has 222 valence electrons. The Balaban J connectivity index is 1.42. The third-order valence-electron chi connectivity index (χ3n) is 7.57. The number of hydrogen-bond acceptors (Lipinski definition) is 5.